The van der Waals surface area contributed by atoms with Crippen LogP contribution in [0.4, 0.5) is 0 Å². The number of ether oxygens (including phenoxy) is 2. The molecule has 0 radical (unpaired) electrons. The van der Waals surface area contributed by atoms with Crippen molar-refractivity contribution in [1.82, 2.24) is 0 Å². The molecular weight excluding hydrogens is 314 g/mol. The summed E-state index contributed by atoms with van der Waals surface area (Å²) >= 11 is 0. The van der Waals surface area contributed by atoms with Gasteiger partial charge in [0.2, 0.25) is 0 Å². The van der Waals surface area contributed by atoms with E-state index in [4.69, 9.17) is 9.47 Å². The Hall–Kier alpha value is -3.06. The fourth-order valence-electron chi connectivity index (χ4n) is 2.34. The predicted molar refractivity (Wildman–Crippen MR) is 98.1 cm³/mol. The molecule has 128 valence electrons. The van der Waals surface area contributed by atoms with E-state index < -0.39 is 0 Å². The van der Waals surface area contributed by atoms with E-state index in [-0.39, 0.29) is 5.97 Å². The summed E-state index contributed by atoms with van der Waals surface area (Å²) in [5.41, 5.74) is 2.09. The largest absolute Gasteiger partial charge is 0.496 e. The molecule has 2 aromatic carbocycles. The first kappa shape index (κ1) is 18.3. The van der Waals surface area contributed by atoms with Gasteiger partial charge in [0.25, 0.3) is 0 Å². The van der Waals surface area contributed by atoms with E-state index in [1.54, 1.807) is 25.3 Å². The lowest BCUT2D eigenvalue weighted by molar-refractivity contribution is -0.134. The molecule has 0 aliphatic rings. The van der Waals surface area contributed by atoms with Crippen LogP contribution < -0.4 is 9.47 Å². The van der Waals surface area contributed by atoms with Crippen LogP contribution in [0.2, 0.25) is 0 Å². The Kier molecular flexibility index (Phi) is 6.79. The van der Waals surface area contributed by atoms with Crippen LogP contribution in [0.3, 0.4) is 0 Å². The topological polar surface area (TPSA) is 59.3 Å². The highest BCUT2D eigenvalue weighted by Gasteiger charge is 2.08. The molecular formula is C21H21NO3. The first-order chi connectivity index (χ1) is 12.2. The standard InChI is InChI=1S/C21H21NO3/c1-3-4-9-21(23)25-18-12-10-16(11-13-18)14-17(15-22)19-7-5-6-8-20(19)24-2/h5-8,10-14H,3-4,9H2,1-2H3/b17-14-. The highest BCUT2D eigenvalue weighted by Crippen LogP contribution is 2.27. The maximum absolute atomic E-state index is 11.6. The first-order valence-corrected chi connectivity index (χ1v) is 8.24. The third kappa shape index (κ3) is 5.22. The number of carbonyl (C=O) groups is 1. The minimum absolute atomic E-state index is 0.225. The molecule has 0 heterocycles. The summed E-state index contributed by atoms with van der Waals surface area (Å²) in [5, 5.41) is 9.47. The van der Waals surface area contributed by atoms with E-state index >= 15 is 0 Å². The predicted octanol–water partition coefficient (Wildman–Crippen LogP) is 4.85. The number of methoxy groups -OCH3 is 1. The lowest BCUT2D eigenvalue weighted by Crippen LogP contribution is -2.07. The molecule has 25 heavy (non-hydrogen) atoms. The molecule has 0 bridgehead atoms. The van der Waals surface area contributed by atoms with Gasteiger partial charge in [0.15, 0.2) is 0 Å². The van der Waals surface area contributed by atoms with Gasteiger partial charge in [-0.2, -0.15) is 5.26 Å². The Balaban J connectivity index is 2.17. The summed E-state index contributed by atoms with van der Waals surface area (Å²) in [5.74, 6) is 0.933. The third-order valence-electron chi connectivity index (χ3n) is 3.67. The van der Waals surface area contributed by atoms with Crippen molar-refractivity contribution in [2.24, 2.45) is 0 Å². The second-order valence-corrected chi connectivity index (χ2v) is 5.52. The summed E-state index contributed by atoms with van der Waals surface area (Å²) in [7, 11) is 1.58. The van der Waals surface area contributed by atoms with E-state index in [2.05, 4.69) is 6.07 Å². The number of para-hydroxylation sites is 1. The number of allylic oxidation sites excluding steroid dienone is 1. The van der Waals surface area contributed by atoms with Crippen LogP contribution in [0.5, 0.6) is 11.5 Å². The van der Waals surface area contributed by atoms with Crippen molar-refractivity contribution in [3.63, 3.8) is 0 Å². The molecule has 2 aromatic rings. The molecule has 0 atom stereocenters. The molecule has 0 saturated heterocycles. The Morgan fingerprint density at radius 2 is 1.88 bits per heavy atom. The van der Waals surface area contributed by atoms with E-state index in [1.807, 2.05) is 43.3 Å². The number of nitriles is 1. The molecule has 0 unspecified atom stereocenters. The molecule has 0 saturated carbocycles. The van der Waals surface area contributed by atoms with Gasteiger partial charge in [0.05, 0.1) is 18.8 Å². The van der Waals surface area contributed by atoms with Gasteiger partial charge in [-0.1, -0.05) is 37.6 Å². The average Bonchev–Trinajstić information content (AvgIpc) is 2.65. The van der Waals surface area contributed by atoms with E-state index in [1.165, 1.54) is 0 Å². The Morgan fingerprint density at radius 1 is 1.16 bits per heavy atom. The maximum Gasteiger partial charge on any atom is 0.311 e. The summed E-state index contributed by atoms with van der Waals surface area (Å²) in [4.78, 5) is 11.6. The molecule has 0 aliphatic carbocycles. The maximum atomic E-state index is 11.6. The van der Waals surface area contributed by atoms with Gasteiger partial charge in [-0.3, -0.25) is 4.79 Å². The van der Waals surface area contributed by atoms with Crippen molar-refractivity contribution in [2.45, 2.75) is 26.2 Å². The number of hydrogen-bond acceptors (Lipinski definition) is 4. The van der Waals surface area contributed by atoms with Crippen molar-refractivity contribution >= 4 is 17.6 Å². The number of nitrogens with zero attached hydrogens (tertiary/aromatic N) is 1. The number of esters is 1. The van der Waals surface area contributed by atoms with Gasteiger partial charge in [-0.05, 0) is 42.3 Å². The van der Waals surface area contributed by atoms with Gasteiger partial charge in [-0.25, -0.2) is 0 Å². The minimum Gasteiger partial charge on any atom is -0.496 e. The smallest absolute Gasteiger partial charge is 0.311 e. The van der Waals surface area contributed by atoms with Gasteiger partial charge in [0.1, 0.15) is 11.5 Å². The van der Waals surface area contributed by atoms with Crippen LogP contribution in [0.15, 0.2) is 48.5 Å². The first-order valence-electron chi connectivity index (χ1n) is 8.24. The number of carbonyl (C=O) groups excluding carboxylic acids is 1. The molecule has 0 fully saturated rings. The van der Waals surface area contributed by atoms with Crippen molar-refractivity contribution in [3.8, 4) is 17.6 Å². The molecule has 0 amide bonds. The summed E-state index contributed by atoms with van der Waals surface area (Å²) in [6.07, 6.45) is 3.98. The summed E-state index contributed by atoms with van der Waals surface area (Å²) in [6, 6.07) is 16.7. The monoisotopic (exact) mass is 335 g/mol. The van der Waals surface area contributed by atoms with Crippen molar-refractivity contribution < 1.29 is 14.3 Å². The highest BCUT2D eigenvalue weighted by atomic mass is 16.5. The van der Waals surface area contributed by atoms with E-state index in [0.29, 0.717) is 23.5 Å². The molecule has 4 nitrogen and oxygen atoms in total. The van der Waals surface area contributed by atoms with Crippen LogP contribution in [0.25, 0.3) is 11.6 Å². The van der Waals surface area contributed by atoms with Crippen LogP contribution in [0.1, 0.15) is 37.3 Å². The van der Waals surface area contributed by atoms with Crippen LogP contribution >= 0.6 is 0 Å². The number of benzene rings is 2. The summed E-state index contributed by atoms with van der Waals surface area (Å²) < 4.78 is 10.6. The molecule has 0 spiro atoms. The van der Waals surface area contributed by atoms with Gasteiger partial charge in [-0.15, -0.1) is 0 Å². The molecule has 4 heteroatoms. The lowest BCUT2D eigenvalue weighted by atomic mass is 10.0. The van der Waals surface area contributed by atoms with Crippen LogP contribution in [-0.4, -0.2) is 13.1 Å². The minimum atomic E-state index is -0.225. The second kappa shape index (κ2) is 9.29. The van der Waals surface area contributed by atoms with Gasteiger partial charge < -0.3 is 9.47 Å². The van der Waals surface area contributed by atoms with E-state index in [0.717, 1.165) is 24.0 Å². The third-order valence-corrected chi connectivity index (χ3v) is 3.67. The zero-order valence-corrected chi connectivity index (χ0v) is 14.5. The number of hydrogen-bond donors (Lipinski definition) is 0. The molecule has 0 aromatic heterocycles. The van der Waals surface area contributed by atoms with E-state index in [9.17, 15) is 10.1 Å². The molecule has 0 aliphatic heterocycles. The fourth-order valence-corrected chi connectivity index (χ4v) is 2.34. The number of rotatable bonds is 7. The highest BCUT2D eigenvalue weighted by molar-refractivity contribution is 5.91. The quantitative estimate of drug-likeness (QED) is 0.314. The second-order valence-electron chi connectivity index (χ2n) is 5.52. The lowest BCUT2D eigenvalue weighted by Gasteiger charge is -2.07. The zero-order chi connectivity index (χ0) is 18.1. The number of unbranched alkanes of at least 4 members (excludes halogenated alkanes) is 1. The SMILES string of the molecule is CCCCC(=O)Oc1ccc(/C=C(/C#N)c2ccccc2OC)cc1. The van der Waals surface area contributed by atoms with Crippen LogP contribution in [-0.2, 0) is 4.79 Å². The van der Waals surface area contributed by atoms with Crippen molar-refractivity contribution in [2.75, 3.05) is 7.11 Å². The van der Waals surface area contributed by atoms with Crippen LogP contribution in [0, 0.1) is 11.3 Å². The van der Waals surface area contributed by atoms with Gasteiger partial charge in [0, 0.05) is 12.0 Å². The Bertz CT molecular complexity index is 786. The van der Waals surface area contributed by atoms with Crippen molar-refractivity contribution in [3.05, 3.63) is 59.7 Å². The van der Waals surface area contributed by atoms with Gasteiger partial charge >= 0.3 is 5.97 Å². The molecule has 0 N–H and O–H groups in total. The average molecular weight is 335 g/mol. The fraction of sp³-hybridized carbons (Fsp3) is 0.238. The summed E-state index contributed by atoms with van der Waals surface area (Å²) in [6.45, 7) is 2.03. The zero-order valence-electron chi connectivity index (χ0n) is 14.5. The Morgan fingerprint density at radius 3 is 2.52 bits per heavy atom. The normalized spacial score (nSPS) is 10.8. The molecule has 2 rings (SSSR count). The Labute approximate surface area is 148 Å². The van der Waals surface area contributed by atoms with Crippen molar-refractivity contribution in [1.29, 1.82) is 5.26 Å².